The smallest absolute Gasteiger partial charge is 0.0949 e. The Morgan fingerprint density at radius 3 is 2.55 bits per heavy atom. The molecule has 1 aromatic heterocycles. The SMILES string of the molecule is CNCC(OCCCc1ccncc1)c1ccccc1. The molecule has 0 aliphatic rings. The largest absolute Gasteiger partial charge is 0.372 e. The summed E-state index contributed by atoms with van der Waals surface area (Å²) in [6.45, 7) is 1.60. The number of hydrogen-bond donors (Lipinski definition) is 1. The van der Waals surface area contributed by atoms with E-state index in [4.69, 9.17) is 4.74 Å². The van der Waals surface area contributed by atoms with Crippen molar-refractivity contribution in [2.45, 2.75) is 18.9 Å². The van der Waals surface area contributed by atoms with Gasteiger partial charge in [-0.2, -0.15) is 0 Å². The average Bonchev–Trinajstić information content (AvgIpc) is 2.52. The number of rotatable bonds is 8. The number of ether oxygens (including phenoxy) is 1. The zero-order valence-corrected chi connectivity index (χ0v) is 12.0. The van der Waals surface area contributed by atoms with Gasteiger partial charge in [0.2, 0.25) is 0 Å². The Labute approximate surface area is 121 Å². The third-order valence-corrected chi connectivity index (χ3v) is 3.24. The van der Waals surface area contributed by atoms with Gasteiger partial charge in [0, 0.05) is 25.5 Å². The fraction of sp³-hybridized carbons (Fsp3) is 0.353. The number of pyridine rings is 1. The van der Waals surface area contributed by atoms with Gasteiger partial charge in [-0.3, -0.25) is 4.98 Å². The Balaban J connectivity index is 1.78. The van der Waals surface area contributed by atoms with Crippen LogP contribution in [0.4, 0.5) is 0 Å². The van der Waals surface area contributed by atoms with E-state index in [0.717, 1.165) is 26.0 Å². The summed E-state index contributed by atoms with van der Waals surface area (Å²) in [5, 5.41) is 3.19. The molecule has 2 aromatic rings. The lowest BCUT2D eigenvalue weighted by molar-refractivity contribution is 0.0524. The van der Waals surface area contributed by atoms with Gasteiger partial charge in [-0.25, -0.2) is 0 Å². The van der Waals surface area contributed by atoms with Crippen molar-refractivity contribution < 1.29 is 4.74 Å². The Morgan fingerprint density at radius 2 is 1.85 bits per heavy atom. The molecule has 1 aromatic carbocycles. The molecule has 1 N–H and O–H groups in total. The van der Waals surface area contributed by atoms with E-state index in [9.17, 15) is 0 Å². The minimum absolute atomic E-state index is 0.124. The summed E-state index contributed by atoms with van der Waals surface area (Å²) in [5.41, 5.74) is 2.54. The van der Waals surface area contributed by atoms with Crippen molar-refractivity contribution >= 4 is 0 Å². The third-order valence-electron chi connectivity index (χ3n) is 3.24. The van der Waals surface area contributed by atoms with Gasteiger partial charge in [-0.15, -0.1) is 0 Å². The van der Waals surface area contributed by atoms with Crippen molar-refractivity contribution in [1.82, 2.24) is 10.3 Å². The lowest BCUT2D eigenvalue weighted by Crippen LogP contribution is -2.20. The maximum atomic E-state index is 6.01. The molecule has 3 nitrogen and oxygen atoms in total. The van der Waals surface area contributed by atoms with E-state index in [-0.39, 0.29) is 6.10 Å². The van der Waals surface area contributed by atoms with Gasteiger partial charge in [0.05, 0.1) is 6.10 Å². The van der Waals surface area contributed by atoms with Crippen molar-refractivity contribution in [3.8, 4) is 0 Å². The van der Waals surface area contributed by atoms with Crippen LogP contribution in [-0.4, -0.2) is 25.2 Å². The fourth-order valence-electron chi connectivity index (χ4n) is 2.18. The van der Waals surface area contributed by atoms with E-state index in [0.29, 0.717) is 0 Å². The van der Waals surface area contributed by atoms with Gasteiger partial charge in [0.25, 0.3) is 0 Å². The third kappa shape index (κ3) is 4.76. The summed E-state index contributed by atoms with van der Waals surface area (Å²) in [7, 11) is 1.95. The van der Waals surface area contributed by atoms with Gasteiger partial charge in [-0.1, -0.05) is 30.3 Å². The molecule has 0 amide bonds. The van der Waals surface area contributed by atoms with Crippen LogP contribution in [0.2, 0.25) is 0 Å². The van der Waals surface area contributed by atoms with E-state index in [1.54, 1.807) is 0 Å². The van der Waals surface area contributed by atoms with Gasteiger partial charge in [-0.05, 0) is 43.1 Å². The Morgan fingerprint density at radius 1 is 1.10 bits per heavy atom. The molecule has 3 heteroatoms. The van der Waals surface area contributed by atoms with Crippen molar-refractivity contribution in [3.63, 3.8) is 0 Å². The summed E-state index contributed by atoms with van der Waals surface area (Å²) in [5.74, 6) is 0. The normalized spacial score (nSPS) is 12.2. The number of nitrogens with zero attached hydrogens (tertiary/aromatic N) is 1. The molecule has 0 spiro atoms. The number of aromatic nitrogens is 1. The maximum absolute atomic E-state index is 6.01. The zero-order valence-electron chi connectivity index (χ0n) is 12.0. The maximum Gasteiger partial charge on any atom is 0.0949 e. The summed E-state index contributed by atoms with van der Waals surface area (Å²) < 4.78 is 6.01. The molecule has 0 radical (unpaired) electrons. The van der Waals surface area contributed by atoms with Gasteiger partial charge >= 0.3 is 0 Å². The zero-order chi connectivity index (χ0) is 14.0. The first-order chi connectivity index (χ1) is 9.90. The summed E-state index contributed by atoms with van der Waals surface area (Å²) >= 11 is 0. The molecule has 0 saturated carbocycles. The first-order valence-corrected chi connectivity index (χ1v) is 7.10. The van der Waals surface area contributed by atoms with E-state index in [1.165, 1.54) is 11.1 Å². The van der Waals surface area contributed by atoms with Crippen LogP contribution in [0.15, 0.2) is 54.9 Å². The van der Waals surface area contributed by atoms with E-state index < -0.39 is 0 Å². The second kappa shape index (κ2) is 8.46. The second-order valence-corrected chi connectivity index (χ2v) is 4.79. The molecule has 0 fully saturated rings. The number of benzene rings is 1. The molecule has 1 atom stereocenters. The van der Waals surface area contributed by atoms with Crippen LogP contribution >= 0.6 is 0 Å². The molecule has 0 aliphatic heterocycles. The molecular formula is C17H22N2O. The second-order valence-electron chi connectivity index (χ2n) is 4.79. The summed E-state index contributed by atoms with van der Waals surface area (Å²) in [6.07, 6.45) is 5.85. The van der Waals surface area contributed by atoms with E-state index >= 15 is 0 Å². The molecule has 106 valence electrons. The molecular weight excluding hydrogens is 248 g/mol. The van der Waals surface area contributed by atoms with Crippen LogP contribution in [0.1, 0.15) is 23.7 Å². The van der Waals surface area contributed by atoms with Crippen molar-refractivity contribution in [2.24, 2.45) is 0 Å². The standard InChI is InChI=1S/C17H22N2O/c1-18-14-17(16-7-3-2-4-8-16)20-13-5-6-15-9-11-19-12-10-15/h2-4,7-12,17-18H,5-6,13-14H2,1H3. The molecule has 1 unspecified atom stereocenters. The van der Waals surface area contributed by atoms with E-state index in [1.807, 2.05) is 25.5 Å². The highest BCUT2D eigenvalue weighted by Crippen LogP contribution is 2.16. The first kappa shape index (κ1) is 14.7. The molecule has 0 saturated heterocycles. The Bertz CT molecular complexity index is 473. The first-order valence-electron chi connectivity index (χ1n) is 7.10. The van der Waals surface area contributed by atoms with Gasteiger partial charge < -0.3 is 10.1 Å². The lowest BCUT2D eigenvalue weighted by Gasteiger charge is -2.18. The minimum Gasteiger partial charge on any atom is -0.372 e. The predicted molar refractivity (Wildman–Crippen MR) is 81.6 cm³/mol. The number of aryl methyl sites for hydroxylation is 1. The van der Waals surface area contributed by atoms with Gasteiger partial charge in [0.15, 0.2) is 0 Å². The monoisotopic (exact) mass is 270 g/mol. The van der Waals surface area contributed by atoms with Crippen LogP contribution in [0, 0.1) is 0 Å². The van der Waals surface area contributed by atoms with Crippen molar-refractivity contribution in [3.05, 3.63) is 66.0 Å². The lowest BCUT2D eigenvalue weighted by atomic mass is 10.1. The quantitative estimate of drug-likeness (QED) is 0.749. The van der Waals surface area contributed by atoms with Crippen molar-refractivity contribution in [1.29, 1.82) is 0 Å². The minimum atomic E-state index is 0.124. The molecule has 0 bridgehead atoms. The fourth-order valence-corrected chi connectivity index (χ4v) is 2.18. The topological polar surface area (TPSA) is 34.1 Å². The molecule has 20 heavy (non-hydrogen) atoms. The number of hydrogen-bond acceptors (Lipinski definition) is 3. The molecule has 2 rings (SSSR count). The number of nitrogens with one attached hydrogen (secondary N) is 1. The summed E-state index contributed by atoms with van der Waals surface area (Å²) in [6, 6.07) is 14.5. The van der Waals surface area contributed by atoms with Crippen LogP contribution in [0.25, 0.3) is 0 Å². The van der Waals surface area contributed by atoms with Crippen LogP contribution in [0.3, 0.4) is 0 Å². The molecule has 0 aliphatic carbocycles. The predicted octanol–water partition coefficient (Wildman–Crippen LogP) is 2.99. The highest BCUT2D eigenvalue weighted by Gasteiger charge is 2.10. The summed E-state index contributed by atoms with van der Waals surface area (Å²) in [4.78, 5) is 4.03. The average molecular weight is 270 g/mol. The van der Waals surface area contributed by atoms with Crippen LogP contribution in [0.5, 0.6) is 0 Å². The Kier molecular flexibility index (Phi) is 6.21. The van der Waals surface area contributed by atoms with Crippen LogP contribution in [-0.2, 0) is 11.2 Å². The van der Waals surface area contributed by atoms with Gasteiger partial charge in [0.1, 0.15) is 0 Å². The Hall–Kier alpha value is -1.71. The number of likely N-dealkylation sites (N-methyl/N-ethyl adjacent to an activating group) is 1. The highest BCUT2D eigenvalue weighted by molar-refractivity contribution is 5.18. The highest BCUT2D eigenvalue weighted by atomic mass is 16.5. The van der Waals surface area contributed by atoms with Crippen LogP contribution < -0.4 is 5.32 Å². The van der Waals surface area contributed by atoms with E-state index in [2.05, 4.69) is 46.7 Å². The van der Waals surface area contributed by atoms with Crippen molar-refractivity contribution in [2.75, 3.05) is 20.2 Å². The molecule has 1 heterocycles.